The summed E-state index contributed by atoms with van der Waals surface area (Å²) in [5, 5.41) is 4.38. The largest absolute Gasteiger partial charge is 0.453 e. The zero-order chi connectivity index (χ0) is 32.6. The summed E-state index contributed by atoms with van der Waals surface area (Å²) in [7, 11) is 0. The summed E-state index contributed by atoms with van der Waals surface area (Å²) in [6, 6.07) is 68.4. The lowest BCUT2D eigenvalue weighted by molar-refractivity contribution is 0.673. The van der Waals surface area contributed by atoms with E-state index in [2.05, 4.69) is 204 Å². The van der Waals surface area contributed by atoms with Crippen molar-refractivity contribution >= 4 is 66.8 Å². The predicted molar refractivity (Wildman–Crippen MR) is 206 cm³/mol. The van der Waals surface area contributed by atoms with Crippen LogP contribution in [0.3, 0.4) is 0 Å². The standard InChI is InChI=1S/C46H32N2O/c1-5-16-33(17-6-1)35-19-15-26-39(32-35)48(38-24-11-4-12-25-38)42-30-31-43(47(36-20-7-2-8-21-36)37-22-9-3-10-23-37)46-44(42)41-29-28-34-18-13-14-27-40(34)45(41)49-46/h1-32H. The van der Waals surface area contributed by atoms with Gasteiger partial charge in [0.05, 0.1) is 16.8 Å². The molecule has 3 nitrogen and oxygen atoms in total. The predicted octanol–water partition coefficient (Wildman–Crippen LogP) is 13.3. The van der Waals surface area contributed by atoms with Crippen LogP contribution in [0.1, 0.15) is 0 Å². The highest BCUT2D eigenvalue weighted by molar-refractivity contribution is 6.22. The van der Waals surface area contributed by atoms with Crippen LogP contribution in [-0.2, 0) is 0 Å². The van der Waals surface area contributed by atoms with E-state index in [1.54, 1.807) is 0 Å². The third-order valence-electron chi connectivity index (χ3n) is 9.20. The Labute approximate surface area is 285 Å². The van der Waals surface area contributed by atoms with Crippen molar-refractivity contribution in [3.05, 3.63) is 194 Å². The van der Waals surface area contributed by atoms with Crippen LogP contribution in [0.25, 0.3) is 43.8 Å². The van der Waals surface area contributed by atoms with Crippen molar-refractivity contribution in [2.24, 2.45) is 0 Å². The van der Waals surface area contributed by atoms with Gasteiger partial charge in [0.15, 0.2) is 5.58 Å². The molecule has 0 spiro atoms. The first kappa shape index (κ1) is 28.6. The van der Waals surface area contributed by atoms with Crippen molar-refractivity contribution in [1.82, 2.24) is 0 Å². The van der Waals surface area contributed by atoms with Crippen molar-refractivity contribution in [3.8, 4) is 11.1 Å². The zero-order valence-corrected chi connectivity index (χ0v) is 26.8. The topological polar surface area (TPSA) is 19.6 Å². The molecule has 0 fully saturated rings. The number of nitrogens with zero attached hydrogens (tertiary/aromatic N) is 2. The molecular formula is C46H32N2O. The van der Waals surface area contributed by atoms with Crippen molar-refractivity contribution < 1.29 is 4.42 Å². The fourth-order valence-electron chi connectivity index (χ4n) is 6.98. The van der Waals surface area contributed by atoms with Gasteiger partial charge in [-0.05, 0) is 83.2 Å². The Morgan fingerprint density at radius 1 is 0.327 bits per heavy atom. The van der Waals surface area contributed by atoms with Crippen LogP contribution in [0.4, 0.5) is 34.1 Å². The molecule has 1 aromatic heterocycles. The van der Waals surface area contributed by atoms with Crippen LogP contribution >= 0.6 is 0 Å². The van der Waals surface area contributed by atoms with Gasteiger partial charge >= 0.3 is 0 Å². The molecule has 9 aromatic rings. The van der Waals surface area contributed by atoms with Gasteiger partial charge in [-0.3, -0.25) is 0 Å². The molecule has 8 aromatic carbocycles. The number of hydrogen-bond donors (Lipinski definition) is 0. The van der Waals surface area contributed by atoms with E-state index in [1.165, 1.54) is 5.56 Å². The Morgan fingerprint density at radius 2 is 0.837 bits per heavy atom. The molecule has 9 rings (SSSR count). The van der Waals surface area contributed by atoms with Crippen LogP contribution in [0.2, 0.25) is 0 Å². The Kier molecular flexibility index (Phi) is 7.14. The van der Waals surface area contributed by atoms with Gasteiger partial charge in [-0.2, -0.15) is 0 Å². The van der Waals surface area contributed by atoms with E-state index >= 15 is 0 Å². The van der Waals surface area contributed by atoms with E-state index in [0.29, 0.717) is 0 Å². The maximum Gasteiger partial charge on any atom is 0.161 e. The Bertz CT molecular complexity index is 2500. The average Bonchev–Trinajstić information content (AvgIpc) is 3.58. The molecule has 0 aliphatic heterocycles. The van der Waals surface area contributed by atoms with E-state index in [4.69, 9.17) is 4.42 Å². The highest BCUT2D eigenvalue weighted by atomic mass is 16.3. The fourth-order valence-corrected chi connectivity index (χ4v) is 6.98. The van der Waals surface area contributed by atoms with Crippen LogP contribution < -0.4 is 9.80 Å². The molecule has 232 valence electrons. The van der Waals surface area contributed by atoms with Crippen LogP contribution in [0, 0.1) is 0 Å². The molecule has 0 bridgehead atoms. The van der Waals surface area contributed by atoms with Gasteiger partial charge in [-0.1, -0.05) is 127 Å². The monoisotopic (exact) mass is 628 g/mol. The second-order valence-electron chi connectivity index (χ2n) is 12.2. The van der Waals surface area contributed by atoms with Crippen molar-refractivity contribution in [3.63, 3.8) is 0 Å². The van der Waals surface area contributed by atoms with E-state index in [1.807, 2.05) is 0 Å². The molecule has 49 heavy (non-hydrogen) atoms. The average molecular weight is 629 g/mol. The van der Waals surface area contributed by atoms with E-state index in [0.717, 1.165) is 72.4 Å². The highest BCUT2D eigenvalue weighted by Crippen LogP contribution is 2.49. The van der Waals surface area contributed by atoms with Gasteiger partial charge in [-0.25, -0.2) is 0 Å². The zero-order valence-electron chi connectivity index (χ0n) is 26.8. The van der Waals surface area contributed by atoms with Crippen molar-refractivity contribution in [1.29, 1.82) is 0 Å². The lowest BCUT2D eigenvalue weighted by atomic mass is 10.0. The van der Waals surface area contributed by atoms with Crippen molar-refractivity contribution in [2.75, 3.05) is 9.80 Å². The molecule has 0 aliphatic rings. The minimum Gasteiger partial charge on any atom is -0.453 e. The number of fused-ring (bicyclic) bond motifs is 5. The van der Waals surface area contributed by atoms with Crippen LogP contribution in [0.15, 0.2) is 199 Å². The summed E-state index contributed by atoms with van der Waals surface area (Å²) in [6.07, 6.45) is 0. The van der Waals surface area contributed by atoms with E-state index < -0.39 is 0 Å². The molecule has 0 saturated heterocycles. The summed E-state index contributed by atoms with van der Waals surface area (Å²) >= 11 is 0. The Balaban J connectivity index is 1.37. The summed E-state index contributed by atoms with van der Waals surface area (Å²) in [5.74, 6) is 0. The number of para-hydroxylation sites is 3. The van der Waals surface area contributed by atoms with Gasteiger partial charge in [0.2, 0.25) is 0 Å². The summed E-state index contributed by atoms with van der Waals surface area (Å²) in [5.41, 5.74) is 10.3. The van der Waals surface area contributed by atoms with Gasteiger partial charge in [0, 0.05) is 33.5 Å². The molecule has 3 heteroatoms. The second kappa shape index (κ2) is 12.2. The number of furan rings is 1. The normalized spacial score (nSPS) is 11.3. The molecule has 0 unspecified atom stereocenters. The molecule has 1 heterocycles. The maximum absolute atomic E-state index is 7.11. The first-order valence-corrected chi connectivity index (χ1v) is 16.6. The molecular weight excluding hydrogens is 597 g/mol. The summed E-state index contributed by atoms with van der Waals surface area (Å²) in [6.45, 7) is 0. The Hall–Kier alpha value is -6.58. The first-order chi connectivity index (χ1) is 24.3. The first-order valence-electron chi connectivity index (χ1n) is 16.6. The SMILES string of the molecule is c1ccc(-c2cccc(N(c3ccccc3)c3ccc(N(c4ccccc4)c4ccccc4)c4oc5c6ccccc6ccc5c34)c2)cc1. The van der Waals surface area contributed by atoms with Crippen LogP contribution in [0.5, 0.6) is 0 Å². The maximum atomic E-state index is 7.11. The number of benzene rings is 8. The molecule has 0 amide bonds. The van der Waals surface area contributed by atoms with E-state index in [-0.39, 0.29) is 0 Å². The molecule has 0 atom stereocenters. The third kappa shape index (κ3) is 5.09. The van der Waals surface area contributed by atoms with Crippen molar-refractivity contribution in [2.45, 2.75) is 0 Å². The third-order valence-corrected chi connectivity index (χ3v) is 9.20. The second-order valence-corrected chi connectivity index (χ2v) is 12.2. The molecule has 0 saturated carbocycles. The molecule has 0 radical (unpaired) electrons. The minimum absolute atomic E-state index is 0.830. The lowest BCUT2D eigenvalue weighted by Crippen LogP contribution is -2.13. The number of anilines is 6. The smallest absolute Gasteiger partial charge is 0.161 e. The fraction of sp³-hybridized carbons (Fsp3) is 0. The molecule has 0 N–H and O–H groups in total. The minimum atomic E-state index is 0.830. The highest BCUT2D eigenvalue weighted by Gasteiger charge is 2.25. The molecule has 0 aliphatic carbocycles. The number of hydrogen-bond acceptors (Lipinski definition) is 3. The number of rotatable bonds is 7. The van der Waals surface area contributed by atoms with Gasteiger partial charge in [0.25, 0.3) is 0 Å². The van der Waals surface area contributed by atoms with E-state index in [9.17, 15) is 0 Å². The van der Waals surface area contributed by atoms with Gasteiger partial charge in [0.1, 0.15) is 5.58 Å². The van der Waals surface area contributed by atoms with Gasteiger partial charge < -0.3 is 14.2 Å². The quantitative estimate of drug-likeness (QED) is 0.175. The Morgan fingerprint density at radius 3 is 1.49 bits per heavy atom. The van der Waals surface area contributed by atoms with Crippen LogP contribution in [-0.4, -0.2) is 0 Å². The summed E-state index contributed by atoms with van der Waals surface area (Å²) in [4.78, 5) is 4.65. The lowest BCUT2D eigenvalue weighted by Gasteiger charge is -2.29. The summed E-state index contributed by atoms with van der Waals surface area (Å²) < 4.78 is 7.11. The van der Waals surface area contributed by atoms with Gasteiger partial charge in [-0.15, -0.1) is 0 Å².